The lowest BCUT2D eigenvalue weighted by Crippen LogP contribution is -2.46. The number of aromatic nitrogens is 3. The van der Waals surface area contributed by atoms with Gasteiger partial charge < -0.3 is 25.0 Å². The van der Waals surface area contributed by atoms with Crippen molar-refractivity contribution in [2.75, 3.05) is 63.2 Å². The number of pyridine rings is 1. The van der Waals surface area contributed by atoms with E-state index in [-0.39, 0.29) is 5.56 Å². The number of anilines is 3. The lowest BCUT2D eigenvalue weighted by Gasteiger charge is -2.36. The largest absolute Gasteiger partial charge is 0.494 e. The predicted octanol–water partition coefficient (Wildman–Crippen LogP) is 9.99. The zero-order valence-electron chi connectivity index (χ0n) is 38.1. The fraction of sp³-hybridized carbons (Fsp3) is 0.615. The Morgan fingerprint density at radius 3 is 2.30 bits per heavy atom. The molecule has 2 atom stereocenters. The lowest BCUT2D eigenvalue weighted by molar-refractivity contribution is -0.124. The molecule has 63 heavy (non-hydrogen) atoms. The third-order valence-electron chi connectivity index (χ3n) is 15.3. The fourth-order valence-corrected chi connectivity index (χ4v) is 11.8. The van der Waals surface area contributed by atoms with Crippen molar-refractivity contribution in [1.82, 2.24) is 24.8 Å². The van der Waals surface area contributed by atoms with Crippen LogP contribution in [0.25, 0.3) is 16.7 Å². The van der Waals surface area contributed by atoms with Crippen LogP contribution in [0, 0.1) is 36.0 Å². The van der Waals surface area contributed by atoms with Crippen molar-refractivity contribution in [2.24, 2.45) is 29.1 Å². The Morgan fingerprint density at radius 2 is 1.57 bits per heavy atom. The first-order valence-electron chi connectivity index (χ1n) is 24.6. The van der Waals surface area contributed by atoms with Crippen molar-refractivity contribution in [1.29, 1.82) is 0 Å². The highest BCUT2D eigenvalue weighted by Crippen LogP contribution is 2.66. The number of nitrogens with one attached hydrogen (secondary N) is 2. The second kappa shape index (κ2) is 20.0. The molecule has 2 unspecified atom stereocenters. The lowest BCUT2D eigenvalue weighted by atomic mass is 9.73. The fourth-order valence-electron chi connectivity index (χ4n) is 11.8. The molecule has 2 aromatic carbocycles. The summed E-state index contributed by atoms with van der Waals surface area (Å²) in [5, 5.41) is 7.46. The Kier molecular flexibility index (Phi) is 13.9. The molecule has 3 heterocycles. The van der Waals surface area contributed by atoms with Crippen molar-refractivity contribution in [3.63, 3.8) is 0 Å². The summed E-state index contributed by atoms with van der Waals surface area (Å²) >= 11 is 0. The van der Waals surface area contributed by atoms with E-state index in [0.29, 0.717) is 46.9 Å². The quantitative estimate of drug-likeness (QED) is 0.0704. The summed E-state index contributed by atoms with van der Waals surface area (Å²) in [4.78, 5) is 40.7. The molecule has 5 aliphatic carbocycles. The summed E-state index contributed by atoms with van der Waals surface area (Å²) in [5.41, 5.74) is 4.21. The van der Waals surface area contributed by atoms with Gasteiger partial charge >= 0.3 is 0 Å². The van der Waals surface area contributed by atoms with Crippen LogP contribution in [-0.2, 0) is 4.79 Å². The van der Waals surface area contributed by atoms with Gasteiger partial charge in [-0.2, -0.15) is 4.98 Å². The molecule has 5 saturated carbocycles. The van der Waals surface area contributed by atoms with Crippen LogP contribution in [0.2, 0.25) is 0 Å². The summed E-state index contributed by atoms with van der Waals surface area (Å²) in [5.74, 6) is 5.53. The van der Waals surface area contributed by atoms with Gasteiger partial charge in [-0.15, -0.1) is 0 Å². The first-order valence-corrected chi connectivity index (χ1v) is 24.6. The molecule has 4 aromatic rings. The molecule has 338 valence electrons. The van der Waals surface area contributed by atoms with Crippen LogP contribution in [0.15, 0.2) is 59.5 Å². The van der Waals surface area contributed by atoms with E-state index in [9.17, 15) is 9.59 Å². The Hall–Kier alpha value is -4.64. The molecule has 6 fully saturated rings. The minimum atomic E-state index is -0.153. The Morgan fingerprint density at radius 1 is 0.841 bits per heavy atom. The number of methoxy groups -OCH3 is 1. The predicted molar refractivity (Wildman–Crippen MR) is 253 cm³/mol. The van der Waals surface area contributed by atoms with Gasteiger partial charge in [0.05, 0.1) is 25.1 Å². The number of benzene rings is 2. The number of nitrogens with zero attached hydrogens (tertiary/aromatic N) is 5. The number of hydrogen-bond donors (Lipinski definition) is 2. The number of carbonyl (C=O) groups excluding carboxylic acids is 1. The summed E-state index contributed by atoms with van der Waals surface area (Å²) in [6, 6.07) is 15.6. The van der Waals surface area contributed by atoms with Gasteiger partial charge in [0.1, 0.15) is 11.5 Å². The molecule has 10 rings (SSSR count). The first kappa shape index (κ1) is 43.6. The van der Waals surface area contributed by atoms with E-state index in [1.54, 1.807) is 23.9 Å². The average molecular weight is 858 g/mol. The molecule has 6 aliphatic rings. The molecule has 2 aromatic heterocycles. The highest BCUT2D eigenvalue weighted by atomic mass is 16.5. The van der Waals surface area contributed by atoms with E-state index >= 15 is 0 Å². The molecule has 0 spiro atoms. The van der Waals surface area contributed by atoms with Gasteiger partial charge in [-0.1, -0.05) is 57.4 Å². The summed E-state index contributed by atoms with van der Waals surface area (Å²) in [6.45, 7) is 8.77. The number of fused-ring (bicyclic) bond motifs is 1. The molecule has 0 radical (unpaired) electrons. The van der Waals surface area contributed by atoms with Crippen LogP contribution in [0.3, 0.4) is 0 Å². The van der Waals surface area contributed by atoms with Crippen LogP contribution in [-0.4, -0.2) is 78.3 Å². The Bertz CT molecular complexity index is 2230. The van der Waals surface area contributed by atoms with E-state index in [4.69, 9.17) is 14.5 Å². The normalized spacial score (nSPS) is 22.8. The van der Waals surface area contributed by atoms with Crippen molar-refractivity contribution in [2.45, 2.75) is 122 Å². The maximum atomic E-state index is 13.4. The molecule has 11 heteroatoms. The molecule has 1 saturated heterocycles. The van der Waals surface area contributed by atoms with Gasteiger partial charge in [-0.05, 0) is 130 Å². The number of hydrogen-bond acceptors (Lipinski definition) is 9. The number of ether oxygens (including phenoxy) is 2. The average Bonchev–Trinajstić information content (AvgIpc) is 4.04. The van der Waals surface area contributed by atoms with Crippen molar-refractivity contribution >= 4 is 34.3 Å². The molecule has 1 amide bonds. The number of unbranched alkanes of at least 4 members (excludes halogenated alkanes) is 9. The third kappa shape index (κ3) is 10.7. The van der Waals surface area contributed by atoms with Gasteiger partial charge in [0.15, 0.2) is 5.65 Å². The van der Waals surface area contributed by atoms with Crippen molar-refractivity contribution in [3.8, 4) is 17.2 Å². The second-order valence-electron chi connectivity index (χ2n) is 20.0. The van der Waals surface area contributed by atoms with Gasteiger partial charge in [-0.25, -0.2) is 4.98 Å². The van der Waals surface area contributed by atoms with Crippen molar-refractivity contribution in [3.05, 3.63) is 70.6 Å². The summed E-state index contributed by atoms with van der Waals surface area (Å²) in [6.07, 6.45) is 24.9. The maximum absolute atomic E-state index is 13.4. The molecular weight excluding hydrogens is 787 g/mol. The minimum Gasteiger partial charge on any atom is -0.494 e. The SMILES string of the molecule is COc1cc(N2CCN(CCCCCCCCCCCCNC(=O)CC34CC5CC(CC3C5)C4)CC2)ccc1Nc1ncc2c(C)cc(=O)n(-c3cccc(OCC4CC4)c3)c2n1. The molecule has 2 N–H and O–H groups in total. The van der Waals surface area contributed by atoms with Crippen LogP contribution >= 0.6 is 0 Å². The van der Waals surface area contributed by atoms with E-state index in [1.165, 1.54) is 109 Å². The Balaban J connectivity index is 0.658. The third-order valence-corrected chi connectivity index (χ3v) is 15.3. The van der Waals surface area contributed by atoms with Crippen LogP contribution in [0.4, 0.5) is 17.3 Å². The smallest absolute Gasteiger partial charge is 0.257 e. The van der Waals surface area contributed by atoms with Crippen LogP contribution in [0.5, 0.6) is 11.5 Å². The Labute approximate surface area is 374 Å². The molecule has 11 nitrogen and oxygen atoms in total. The van der Waals surface area contributed by atoms with Gasteiger partial charge in [-0.3, -0.25) is 19.1 Å². The van der Waals surface area contributed by atoms with Crippen LogP contribution in [0.1, 0.15) is 121 Å². The van der Waals surface area contributed by atoms with Gasteiger partial charge in [0, 0.05) is 74.6 Å². The highest BCUT2D eigenvalue weighted by molar-refractivity contribution is 5.81. The number of rotatable bonds is 23. The number of aryl methyl sites for hydroxylation is 1. The van der Waals surface area contributed by atoms with Gasteiger partial charge in [0.25, 0.3) is 5.56 Å². The zero-order valence-corrected chi connectivity index (χ0v) is 38.1. The first-order chi connectivity index (χ1) is 30.8. The summed E-state index contributed by atoms with van der Waals surface area (Å²) < 4.78 is 13.5. The monoisotopic (exact) mass is 858 g/mol. The number of piperazine rings is 1. The standard InChI is InChI=1S/C52H71N7O4/c1-37-26-49(61)59(43-14-13-15-44(30-43)63-36-38-16-17-38)50-45(37)35-54-51(56-50)55-46-19-18-42(31-47(46)62-2)58-24-22-57(23-25-58)21-12-10-8-6-4-3-5-7-9-11-20-53-48(60)34-52-32-39-27-40(33-52)29-41(52)28-39/h13-15,18-19,26,30-31,35,38-41H,3-12,16-17,20-25,27-29,32-34,36H2,1-2H3,(H,53,60)(H,54,55,56). The zero-order chi connectivity index (χ0) is 43.2. The van der Waals surface area contributed by atoms with E-state index < -0.39 is 0 Å². The number of amides is 1. The number of carbonyl (C=O) groups is 1. The molecule has 4 bridgehead atoms. The molecule has 1 aliphatic heterocycles. The van der Waals surface area contributed by atoms with Gasteiger partial charge in [0.2, 0.25) is 11.9 Å². The maximum Gasteiger partial charge on any atom is 0.257 e. The minimum absolute atomic E-state index is 0.153. The van der Waals surface area contributed by atoms with E-state index in [1.807, 2.05) is 37.3 Å². The van der Waals surface area contributed by atoms with Crippen molar-refractivity contribution < 1.29 is 14.3 Å². The van der Waals surface area contributed by atoms with E-state index in [0.717, 1.165) is 91.4 Å². The highest BCUT2D eigenvalue weighted by Gasteiger charge is 2.58. The molecular formula is C52H71N7O4. The van der Waals surface area contributed by atoms with E-state index in [2.05, 4.69) is 37.6 Å². The van der Waals surface area contributed by atoms with Crippen LogP contribution < -0.4 is 30.6 Å². The topological polar surface area (TPSA) is 114 Å². The second-order valence-corrected chi connectivity index (χ2v) is 20.0. The summed E-state index contributed by atoms with van der Waals surface area (Å²) in [7, 11) is 1.69.